The first-order valence-electron chi connectivity index (χ1n) is 12.9. The molecule has 8 nitrogen and oxygen atoms in total. The molecule has 0 spiro atoms. The summed E-state index contributed by atoms with van der Waals surface area (Å²) >= 11 is 13.8. The first-order chi connectivity index (χ1) is 18.6. The van der Waals surface area contributed by atoms with E-state index in [0.29, 0.717) is 30.8 Å². The van der Waals surface area contributed by atoms with E-state index in [1.54, 1.807) is 12.5 Å². The van der Waals surface area contributed by atoms with Crippen molar-refractivity contribution in [3.05, 3.63) is 79.5 Å². The van der Waals surface area contributed by atoms with Crippen molar-refractivity contribution in [2.75, 3.05) is 19.3 Å². The molecule has 1 aliphatic carbocycles. The second-order valence-electron chi connectivity index (χ2n) is 10.3. The van der Waals surface area contributed by atoms with Gasteiger partial charge in [0, 0.05) is 58.1 Å². The summed E-state index contributed by atoms with van der Waals surface area (Å²) < 4.78 is 30.6. The summed E-state index contributed by atoms with van der Waals surface area (Å²) in [6, 6.07) is 5.26. The zero-order valence-electron chi connectivity index (χ0n) is 21.5. The molecule has 2 aromatic heterocycles. The summed E-state index contributed by atoms with van der Waals surface area (Å²) in [5.74, 6) is -0.356. The predicted octanol–water partition coefficient (Wildman–Crippen LogP) is 4.93. The van der Waals surface area contributed by atoms with Crippen LogP contribution in [-0.2, 0) is 34.2 Å². The Morgan fingerprint density at radius 1 is 1.21 bits per heavy atom. The molecule has 0 bridgehead atoms. The van der Waals surface area contributed by atoms with Crippen molar-refractivity contribution in [3.8, 4) is 0 Å². The van der Waals surface area contributed by atoms with E-state index in [2.05, 4.69) is 48.2 Å². The Morgan fingerprint density at radius 2 is 2.00 bits per heavy atom. The number of halogens is 3. The molecule has 39 heavy (non-hydrogen) atoms. The van der Waals surface area contributed by atoms with Crippen molar-refractivity contribution < 1.29 is 13.2 Å². The molecule has 5 rings (SSSR count). The minimum Gasteiger partial charge on any atom is -0.355 e. The molecule has 208 valence electrons. The van der Waals surface area contributed by atoms with Gasteiger partial charge in [0.2, 0.25) is 15.9 Å². The average molecular weight is 700 g/mol. The van der Waals surface area contributed by atoms with E-state index in [0.717, 1.165) is 50.7 Å². The number of fused-ring (bicyclic) bond motifs is 2. The van der Waals surface area contributed by atoms with Gasteiger partial charge in [-0.15, -0.1) is 0 Å². The third-order valence-electron chi connectivity index (χ3n) is 7.66. The predicted molar refractivity (Wildman–Crippen MR) is 158 cm³/mol. The third-order valence-corrected chi connectivity index (χ3v) is 10.3. The fourth-order valence-corrected chi connectivity index (χ4v) is 8.53. The first kappa shape index (κ1) is 28.7. The smallest absolute Gasteiger partial charge is 0.238 e. The fraction of sp³-hybridized carbons (Fsp3) is 0.444. The van der Waals surface area contributed by atoms with Crippen LogP contribution in [0.15, 0.2) is 52.1 Å². The van der Waals surface area contributed by atoms with Crippen LogP contribution in [-0.4, -0.2) is 58.6 Å². The van der Waals surface area contributed by atoms with Crippen LogP contribution in [0, 0.1) is 5.92 Å². The monoisotopic (exact) mass is 697 g/mol. The largest absolute Gasteiger partial charge is 0.355 e. The molecule has 3 heterocycles. The van der Waals surface area contributed by atoms with E-state index in [4.69, 9.17) is 16.6 Å². The molecule has 2 aliphatic rings. The van der Waals surface area contributed by atoms with Gasteiger partial charge in [-0.05, 0) is 88.8 Å². The van der Waals surface area contributed by atoms with Crippen molar-refractivity contribution in [2.24, 2.45) is 5.92 Å². The van der Waals surface area contributed by atoms with Gasteiger partial charge < -0.3 is 9.88 Å². The van der Waals surface area contributed by atoms with E-state index in [9.17, 15) is 13.2 Å². The van der Waals surface area contributed by atoms with Gasteiger partial charge >= 0.3 is 0 Å². The van der Waals surface area contributed by atoms with Crippen LogP contribution in [0.5, 0.6) is 0 Å². The van der Waals surface area contributed by atoms with Crippen molar-refractivity contribution in [3.63, 3.8) is 0 Å². The van der Waals surface area contributed by atoms with E-state index in [1.807, 2.05) is 29.1 Å². The van der Waals surface area contributed by atoms with Crippen LogP contribution in [0.3, 0.4) is 0 Å². The van der Waals surface area contributed by atoms with E-state index in [1.165, 1.54) is 10.6 Å². The number of carbonyl (C=O) groups excluding carboxylic acids is 1. The van der Waals surface area contributed by atoms with Gasteiger partial charge in [0.05, 0.1) is 18.3 Å². The second kappa shape index (κ2) is 12.0. The van der Waals surface area contributed by atoms with Crippen molar-refractivity contribution in [1.82, 2.24) is 24.2 Å². The zero-order chi connectivity index (χ0) is 27.7. The maximum Gasteiger partial charge on any atom is 0.238 e. The number of hydrogen-bond donors (Lipinski definition) is 1. The number of piperidine rings is 1. The Kier molecular flexibility index (Phi) is 8.83. The SMILES string of the molecule is CS(=O)(=O)N1CCC([C@H]2c3ncc(Br)cc3CCc3cc(Cl)cc(Br)c32)CC1C(=O)NCCCn1ccnc1. The highest BCUT2D eigenvalue weighted by Crippen LogP contribution is 2.47. The minimum atomic E-state index is -3.58. The molecular formula is C27H30Br2ClN5O3S. The van der Waals surface area contributed by atoms with E-state index in [-0.39, 0.29) is 24.3 Å². The lowest BCUT2D eigenvalue weighted by Crippen LogP contribution is -2.54. The number of sulfonamides is 1. The second-order valence-corrected chi connectivity index (χ2v) is 14.4. The van der Waals surface area contributed by atoms with Gasteiger partial charge in [0.15, 0.2) is 0 Å². The van der Waals surface area contributed by atoms with Gasteiger partial charge in [-0.3, -0.25) is 9.78 Å². The quantitative estimate of drug-likeness (QED) is 0.353. The summed E-state index contributed by atoms with van der Waals surface area (Å²) in [6.07, 6.45) is 11.7. The Balaban J connectivity index is 1.45. The third kappa shape index (κ3) is 6.43. The number of hydrogen-bond acceptors (Lipinski definition) is 5. The summed E-state index contributed by atoms with van der Waals surface area (Å²) in [5, 5.41) is 3.66. The minimum absolute atomic E-state index is 0.00597. The first-order valence-corrected chi connectivity index (χ1v) is 16.8. The molecule has 12 heteroatoms. The number of amides is 1. The summed E-state index contributed by atoms with van der Waals surface area (Å²) in [5.41, 5.74) is 4.42. The number of aryl methyl sites for hydroxylation is 3. The average Bonchev–Trinajstić information content (AvgIpc) is 3.34. The van der Waals surface area contributed by atoms with Gasteiger partial charge in [-0.2, -0.15) is 4.31 Å². The number of nitrogens with one attached hydrogen (secondary N) is 1. The van der Waals surface area contributed by atoms with Crippen LogP contribution in [0.1, 0.15) is 47.6 Å². The molecule has 1 saturated heterocycles. The molecule has 0 radical (unpaired) electrons. The van der Waals surface area contributed by atoms with Crippen molar-refractivity contribution in [2.45, 2.75) is 50.6 Å². The lowest BCUT2D eigenvalue weighted by atomic mass is 9.75. The lowest BCUT2D eigenvalue weighted by Gasteiger charge is -2.40. The standard InChI is InChI=1S/C27H30Br2ClN5O3S/c1-39(37,38)35-9-5-18(13-23(35)27(36)32-6-2-8-34-10-7-31-16-34)25-24-17(12-21(30)14-22(24)29)3-4-19-11-20(28)15-33-26(19)25/h7,10-12,14-16,18,23,25H,2-6,8-9,13H2,1H3,(H,32,36)/t18?,23?,25-/m1/s1. The molecule has 1 aromatic carbocycles. The van der Waals surface area contributed by atoms with Gasteiger partial charge in [-0.25, -0.2) is 13.4 Å². The topological polar surface area (TPSA) is 97.2 Å². The number of rotatable bonds is 7. The Hall–Kier alpha value is -1.79. The normalized spacial score (nSPS) is 21.6. The lowest BCUT2D eigenvalue weighted by molar-refractivity contribution is -0.126. The van der Waals surface area contributed by atoms with E-state index < -0.39 is 16.1 Å². The molecule has 3 aromatic rings. The van der Waals surface area contributed by atoms with Crippen LogP contribution >= 0.6 is 43.5 Å². The number of benzene rings is 1. The molecule has 1 amide bonds. The number of pyridine rings is 1. The van der Waals surface area contributed by atoms with Crippen LogP contribution < -0.4 is 5.32 Å². The Bertz CT molecular complexity index is 1470. The molecule has 1 aliphatic heterocycles. The summed E-state index contributed by atoms with van der Waals surface area (Å²) in [6.45, 7) is 1.45. The number of aromatic nitrogens is 3. The maximum atomic E-state index is 13.5. The highest BCUT2D eigenvalue weighted by atomic mass is 79.9. The van der Waals surface area contributed by atoms with Crippen LogP contribution in [0.25, 0.3) is 0 Å². The molecular weight excluding hydrogens is 670 g/mol. The molecule has 0 saturated carbocycles. The Morgan fingerprint density at radius 3 is 2.74 bits per heavy atom. The molecule has 1 N–H and O–H groups in total. The Labute approximate surface area is 250 Å². The molecule has 2 unspecified atom stereocenters. The number of nitrogens with zero attached hydrogens (tertiary/aromatic N) is 4. The fourth-order valence-electron chi connectivity index (χ4n) is 5.95. The zero-order valence-corrected chi connectivity index (χ0v) is 26.2. The van der Waals surface area contributed by atoms with Gasteiger partial charge in [-0.1, -0.05) is 27.5 Å². The maximum absolute atomic E-state index is 13.5. The highest BCUT2D eigenvalue weighted by Gasteiger charge is 2.43. The van der Waals surface area contributed by atoms with E-state index >= 15 is 0 Å². The molecule has 1 fully saturated rings. The van der Waals surface area contributed by atoms with Crippen molar-refractivity contribution in [1.29, 1.82) is 0 Å². The van der Waals surface area contributed by atoms with Gasteiger partial charge in [0.1, 0.15) is 6.04 Å². The van der Waals surface area contributed by atoms with Crippen LogP contribution in [0.2, 0.25) is 5.02 Å². The highest BCUT2D eigenvalue weighted by molar-refractivity contribution is 9.10. The molecule has 3 atom stereocenters. The van der Waals surface area contributed by atoms with Crippen molar-refractivity contribution >= 4 is 59.4 Å². The van der Waals surface area contributed by atoms with Gasteiger partial charge in [0.25, 0.3) is 0 Å². The summed E-state index contributed by atoms with van der Waals surface area (Å²) in [7, 11) is -3.58. The van der Waals surface area contributed by atoms with Crippen LogP contribution in [0.4, 0.5) is 0 Å². The number of imidazole rings is 1. The summed E-state index contributed by atoms with van der Waals surface area (Å²) in [4.78, 5) is 22.4. The number of carbonyl (C=O) groups is 1.